The van der Waals surface area contributed by atoms with E-state index in [9.17, 15) is 10.2 Å². The molecule has 2 N–H and O–H groups in total. The highest BCUT2D eigenvalue weighted by molar-refractivity contribution is 6.30. The number of fused-ring (bicyclic) bond motifs is 1. The third-order valence-electron chi connectivity index (χ3n) is 2.43. The number of aliphatic hydroxyl groups excluding tert-OH is 2. The maximum Gasteiger partial charge on any atom is 0.115 e. The molecule has 74 valence electrons. The summed E-state index contributed by atoms with van der Waals surface area (Å²) in [5.74, 6) is 0. The average Bonchev–Trinajstić information content (AvgIpc) is 2.14. The van der Waals surface area contributed by atoms with Crippen LogP contribution in [0.3, 0.4) is 0 Å². The fourth-order valence-electron chi connectivity index (χ4n) is 1.68. The average molecular weight is 211 g/mol. The zero-order valence-electron chi connectivity index (χ0n) is 7.74. The van der Waals surface area contributed by atoms with Crippen molar-refractivity contribution in [1.29, 1.82) is 0 Å². The van der Waals surface area contributed by atoms with Gasteiger partial charge in [0.05, 0.1) is 11.1 Å². The zero-order chi connectivity index (χ0) is 10.3. The van der Waals surface area contributed by atoms with Crippen LogP contribution in [-0.4, -0.2) is 10.2 Å². The second-order valence-corrected chi connectivity index (χ2v) is 3.97. The van der Waals surface area contributed by atoms with Crippen molar-refractivity contribution in [2.75, 3.05) is 0 Å². The van der Waals surface area contributed by atoms with E-state index in [0.717, 1.165) is 11.1 Å². The van der Waals surface area contributed by atoms with Crippen LogP contribution >= 0.6 is 11.6 Å². The van der Waals surface area contributed by atoms with E-state index in [1.807, 2.05) is 25.1 Å². The molecule has 0 heterocycles. The molecule has 0 radical (unpaired) electrons. The normalized spacial score (nSPS) is 25.6. The number of hydrogen-bond acceptors (Lipinski definition) is 2. The van der Waals surface area contributed by atoms with Gasteiger partial charge in [0.25, 0.3) is 0 Å². The Morgan fingerprint density at radius 2 is 1.93 bits per heavy atom. The molecule has 0 fully saturated rings. The highest BCUT2D eigenvalue weighted by atomic mass is 35.5. The van der Waals surface area contributed by atoms with E-state index in [1.54, 1.807) is 0 Å². The van der Waals surface area contributed by atoms with Crippen molar-refractivity contribution in [3.05, 3.63) is 46.0 Å². The molecule has 1 aromatic rings. The van der Waals surface area contributed by atoms with Crippen molar-refractivity contribution in [3.8, 4) is 0 Å². The third-order valence-corrected chi connectivity index (χ3v) is 2.77. The maximum absolute atomic E-state index is 9.76. The van der Waals surface area contributed by atoms with Crippen LogP contribution in [0.5, 0.6) is 0 Å². The van der Waals surface area contributed by atoms with E-state index >= 15 is 0 Å². The van der Waals surface area contributed by atoms with Crippen molar-refractivity contribution < 1.29 is 10.2 Å². The summed E-state index contributed by atoms with van der Waals surface area (Å²) in [6.45, 7) is 1.94. The fourth-order valence-corrected chi connectivity index (χ4v) is 1.92. The van der Waals surface area contributed by atoms with E-state index in [1.165, 1.54) is 6.08 Å². The predicted octanol–water partition coefficient (Wildman–Crippen LogP) is 2.20. The topological polar surface area (TPSA) is 40.5 Å². The molecule has 0 aromatic heterocycles. The second kappa shape index (κ2) is 3.39. The van der Waals surface area contributed by atoms with Crippen LogP contribution in [0.1, 0.15) is 28.9 Å². The van der Waals surface area contributed by atoms with Crippen molar-refractivity contribution in [2.24, 2.45) is 0 Å². The first-order valence-electron chi connectivity index (χ1n) is 4.43. The Morgan fingerprint density at radius 3 is 2.64 bits per heavy atom. The molecular formula is C11H11ClO2. The first kappa shape index (κ1) is 9.71. The van der Waals surface area contributed by atoms with Crippen LogP contribution in [0.4, 0.5) is 0 Å². The molecule has 0 saturated carbocycles. The number of aryl methyl sites for hydroxylation is 1. The van der Waals surface area contributed by atoms with E-state index < -0.39 is 12.2 Å². The van der Waals surface area contributed by atoms with Gasteiger partial charge in [-0.15, -0.1) is 0 Å². The van der Waals surface area contributed by atoms with Gasteiger partial charge in [0, 0.05) is 0 Å². The molecule has 0 spiro atoms. The van der Waals surface area contributed by atoms with Crippen LogP contribution in [0.25, 0.3) is 0 Å². The van der Waals surface area contributed by atoms with Crippen LogP contribution in [0.15, 0.2) is 29.3 Å². The minimum Gasteiger partial charge on any atom is -0.384 e. The molecule has 0 bridgehead atoms. The fraction of sp³-hybridized carbons (Fsp3) is 0.273. The molecule has 2 atom stereocenters. The van der Waals surface area contributed by atoms with Crippen LogP contribution in [0.2, 0.25) is 0 Å². The zero-order valence-corrected chi connectivity index (χ0v) is 8.49. The number of aliphatic hydroxyl groups is 2. The smallest absolute Gasteiger partial charge is 0.115 e. The summed E-state index contributed by atoms with van der Waals surface area (Å²) < 4.78 is 0. The van der Waals surface area contributed by atoms with Gasteiger partial charge >= 0.3 is 0 Å². The van der Waals surface area contributed by atoms with Gasteiger partial charge in [-0.05, 0) is 24.1 Å². The van der Waals surface area contributed by atoms with Gasteiger partial charge in [-0.25, -0.2) is 0 Å². The summed E-state index contributed by atoms with van der Waals surface area (Å²) in [5.41, 5.74) is 2.47. The molecular weight excluding hydrogens is 200 g/mol. The molecule has 3 heteroatoms. The molecule has 1 aliphatic carbocycles. The van der Waals surface area contributed by atoms with Gasteiger partial charge in [-0.3, -0.25) is 0 Å². The Hall–Kier alpha value is -0.830. The first-order chi connectivity index (χ1) is 6.59. The summed E-state index contributed by atoms with van der Waals surface area (Å²) in [6.07, 6.45) is -0.0411. The molecule has 1 aliphatic rings. The number of halogens is 1. The van der Waals surface area contributed by atoms with Crippen molar-refractivity contribution in [2.45, 2.75) is 19.1 Å². The lowest BCUT2D eigenvalue weighted by Crippen LogP contribution is -2.11. The molecule has 2 unspecified atom stereocenters. The van der Waals surface area contributed by atoms with Crippen molar-refractivity contribution in [1.82, 2.24) is 0 Å². The summed E-state index contributed by atoms with van der Waals surface area (Å²) in [7, 11) is 0. The van der Waals surface area contributed by atoms with E-state index in [2.05, 4.69) is 0 Å². The van der Waals surface area contributed by atoms with E-state index in [0.29, 0.717) is 5.56 Å². The van der Waals surface area contributed by atoms with Gasteiger partial charge in [-0.2, -0.15) is 0 Å². The Labute approximate surface area is 87.5 Å². The van der Waals surface area contributed by atoms with Gasteiger partial charge in [0.1, 0.15) is 6.10 Å². The Morgan fingerprint density at radius 1 is 1.21 bits per heavy atom. The molecule has 2 nitrogen and oxygen atoms in total. The van der Waals surface area contributed by atoms with Gasteiger partial charge in [-0.1, -0.05) is 35.4 Å². The maximum atomic E-state index is 9.76. The monoisotopic (exact) mass is 210 g/mol. The lowest BCUT2D eigenvalue weighted by molar-refractivity contribution is 0.184. The SMILES string of the molecule is Cc1ccc2c(c1)C(O)C(Cl)=CC2O. The molecule has 14 heavy (non-hydrogen) atoms. The number of hydrogen-bond donors (Lipinski definition) is 2. The van der Waals surface area contributed by atoms with Crippen LogP contribution in [0, 0.1) is 6.92 Å². The van der Waals surface area contributed by atoms with Gasteiger partial charge < -0.3 is 10.2 Å². The molecule has 0 amide bonds. The lowest BCUT2D eigenvalue weighted by Gasteiger charge is -2.23. The van der Waals surface area contributed by atoms with Crippen LogP contribution < -0.4 is 0 Å². The minimum atomic E-state index is -0.796. The summed E-state index contributed by atoms with van der Waals surface area (Å²) in [6, 6.07) is 5.57. The second-order valence-electron chi connectivity index (χ2n) is 3.53. The van der Waals surface area contributed by atoms with E-state index in [-0.39, 0.29) is 5.03 Å². The Kier molecular flexibility index (Phi) is 2.35. The Balaban J connectivity index is 2.57. The molecule has 2 rings (SSSR count). The quantitative estimate of drug-likeness (QED) is 0.689. The summed E-state index contributed by atoms with van der Waals surface area (Å²) in [4.78, 5) is 0. The minimum absolute atomic E-state index is 0.288. The number of rotatable bonds is 0. The van der Waals surface area contributed by atoms with Gasteiger partial charge in [0.15, 0.2) is 0 Å². The molecule has 0 saturated heterocycles. The highest BCUT2D eigenvalue weighted by Gasteiger charge is 2.24. The summed E-state index contributed by atoms with van der Waals surface area (Å²) in [5, 5.41) is 19.7. The van der Waals surface area contributed by atoms with Crippen LogP contribution in [-0.2, 0) is 0 Å². The van der Waals surface area contributed by atoms with Gasteiger partial charge in [0.2, 0.25) is 0 Å². The predicted molar refractivity (Wildman–Crippen MR) is 55.0 cm³/mol. The third kappa shape index (κ3) is 1.46. The molecule has 0 aliphatic heterocycles. The Bertz CT molecular complexity index is 398. The lowest BCUT2D eigenvalue weighted by atomic mass is 9.91. The standard InChI is InChI=1S/C11H11ClO2/c1-6-2-3-7-8(4-6)11(14)9(12)5-10(7)13/h2-5,10-11,13-14H,1H3. The first-order valence-corrected chi connectivity index (χ1v) is 4.81. The molecule has 1 aromatic carbocycles. The number of benzene rings is 1. The van der Waals surface area contributed by atoms with E-state index in [4.69, 9.17) is 11.6 Å². The highest BCUT2D eigenvalue weighted by Crippen LogP contribution is 2.37. The largest absolute Gasteiger partial charge is 0.384 e. The summed E-state index contributed by atoms with van der Waals surface area (Å²) >= 11 is 5.79. The van der Waals surface area contributed by atoms with Crippen molar-refractivity contribution in [3.63, 3.8) is 0 Å². The van der Waals surface area contributed by atoms with Crippen molar-refractivity contribution >= 4 is 11.6 Å².